The quantitative estimate of drug-likeness (QED) is 0.763. The molecule has 1 aliphatic heterocycles. The highest BCUT2D eigenvalue weighted by molar-refractivity contribution is 14.1. The second-order valence-corrected chi connectivity index (χ2v) is 6.79. The first kappa shape index (κ1) is 16.5. The van der Waals surface area contributed by atoms with Gasteiger partial charge in [0.15, 0.2) is 0 Å². The Morgan fingerprint density at radius 3 is 2.57 bits per heavy atom. The third-order valence-corrected chi connectivity index (χ3v) is 4.98. The zero-order chi connectivity index (χ0) is 15.6. The van der Waals surface area contributed by atoms with Crippen LogP contribution in [0.4, 0.5) is 5.69 Å². The van der Waals surface area contributed by atoms with E-state index in [1.54, 1.807) is 4.90 Å². The summed E-state index contributed by atoms with van der Waals surface area (Å²) in [5.41, 5.74) is -0.162. The first-order chi connectivity index (χ1) is 9.93. The minimum absolute atomic E-state index is 0.0820. The first-order valence-corrected chi connectivity index (χ1v) is 8.47. The van der Waals surface area contributed by atoms with Gasteiger partial charge in [-0.15, -0.1) is 0 Å². The van der Waals surface area contributed by atoms with Crippen molar-refractivity contribution >= 4 is 51.7 Å². The third kappa shape index (κ3) is 3.18. The topological polar surface area (TPSA) is 49.4 Å². The van der Waals surface area contributed by atoms with Crippen LogP contribution in [0.1, 0.15) is 33.1 Å². The van der Waals surface area contributed by atoms with Gasteiger partial charge in [-0.3, -0.25) is 9.59 Å². The number of nitrogens with zero attached hydrogens (tertiary/aromatic N) is 1. The van der Waals surface area contributed by atoms with E-state index in [2.05, 4.69) is 27.9 Å². The molecule has 114 valence electrons. The van der Waals surface area contributed by atoms with Crippen molar-refractivity contribution in [1.29, 1.82) is 0 Å². The highest BCUT2D eigenvalue weighted by atomic mass is 127. The van der Waals surface area contributed by atoms with Gasteiger partial charge in [-0.1, -0.05) is 25.4 Å². The molecule has 0 saturated carbocycles. The zero-order valence-corrected chi connectivity index (χ0v) is 15.0. The van der Waals surface area contributed by atoms with E-state index in [-0.39, 0.29) is 18.2 Å². The number of halogens is 2. The largest absolute Gasteiger partial charge is 0.342 e. The Morgan fingerprint density at radius 1 is 1.33 bits per heavy atom. The number of carbonyl (C=O) groups is 2. The summed E-state index contributed by atoms with van der Waals surface area (Å²) in [4.78, 5) is 26.6. The molecular formula is C15H18ClIN2O2. The molecule has 1 saturated heterocycles. The maximum atomic E-state index is 13.0. The fourth-order valence-electron chi connectivity index (χ4n) is 2.62. The minimum Gasteiger partial charge on any atom is -0.342 e. The van der Waals surface area contributed by atoms with E-state index in [4.69, 9.17) is 11.6 Å². The van der Waals surface area contributed by atoms with Crippen LogP contribution in [0.15, 0.2) is 18.2 Å². The summed E-state index contributed by atoms with van der Waals surface area (Å²) in [5, 5.41) is 3.43. The maximum absolute atomic E-state index is 13.0. The lowest BCUT2D eigenvalue weighted by atomic mass is 9.91. The Labute approximate surface area is 143 Å². The number of amides is 2. The number of benzene rings is 1. The summed E-state index contributed by atoms with van der Waals surface area (Å²) in [6.45, 7) is 4.19. The van der Waals surface area contributed by atoms with Gasteiger partial charge in [0.25, 0.3) is 5.91 Å². The van der Waals surface area contributed by atoms with Gasteiger partial charge in [0.1, 0.15) is 5.54 Å². The van der Waals surface area contributed by atoms with Gasteiger partial charge in [-0.25, -0.2) is 0 Å². The van der Waals surface area contributed by atoms with Gasteiger partial charge in [0, 0.05) is 16.5 Å². The number of anilines is 1. The number of carbonyl (C=O) groups excluding carboxylic acids is 2. The normalized spacial score (nSPS) is 18.4. The fraction of sp³-hybridized carbons (Fsp3) is 0.467. The molecule has 0 spiro atoms. The molecule has 0 bridgehead atoms. The maximum Gasteiger partial charge on any atom is 0.252 e. The molecule has 0 aromatic heterocycles. The number of nitrogens with one attached hydrogen (secondary N) is 1. The van der Waals surface area contributed by atoms with Crippen LogP contribution in [0, 0.1) is 3.57 Å². The van der Waals surface area contributed by atoms with Crippen molar-refractivity contribution in [3.8, 4) is 0 Å². The average molecular weight is 421 g/mol. The fourth-order valence-corrected chi connectivity index (χ4v) is 3.57. The number of hydrogen-bond donors (Lipinski definition) is 1. The molecule has 1 aromatic rings. The van der Waals surface area contributed by atoms with E-state index in [9.17, 15) is 9.59 Å². The van der Waals surface area contributed by atoms with Crippen LogP contribution in [0.25, 0.3) is 0 Å². The smallest absolute Gasteiger partial charge is 0.252 e. The second kappa shape index (κ2) is 6.52. The van der Waals surface area contributed by atoms with Crippen molar-refractivity contribution in [3.05, 3.63) is 26.8 Å². The summed E-state index contributed by atoms with van der Waals surface area (Å²) < 4.78 is 1.01. The average Bonchev–Trinajstić information content (AvgIpc) is 2.58. The Kier molecular flexibility index (Phi) is 5.14. The summed E-state index contributed by atoms with van der Waals surface area (Å²) in [6, 6.07) is 5.58. The van der Waals surface area contributed by atoms with Crippen molar-refractivity contribution < 1.29 is 9.59 Å². The van der Waals surface area contributed by atoms with Crippen LogP contribution >= 0.6 is 34.2 Å². The molecule has 0 aliphatic carbocycles. The van der Waals surface area contributed by atoms with Crippen molar-refractivity contribution in [1.82, 2.24) is 5.32 Å². The summed E-state index contributed by atoms with van der Waals surface area (Å²) in [7, 11) is 0. The van der Waals surface area contributed by atoms with Crippen LogP contribution in [-0.4, -0.2) is 23.9 Å². The molecule has 6 heteroatoms. The lowest BCUT2D eigenvalue weighted by Crippen LogP contribution is -2.56. The summed E-state index contributed by atoms with van der Waals surface area (Å²) in [6.07, 6.45) is 1.41. The predicted molar refractivity (Wildman–Crippen MR) is 92.6 cm³/mol. The van der Waals surface area contributed by atoms with Crippen molar-refractivity contribution in [3.63, 3.8) is 0 Å². The van der Waals surface area contributed by atoms with Crippen LogP contribution in [0.5, 0.6) is 0 Å². The molecule has 1 N–H and O–H groups in total. The lowest BCUT2D eigenvalue weighted by Gasteiger charge is -2.34. The van der Waals surface area contributed by atoms with Crippen molar-refractivity contribution in [2.75, 3.05) is 11.4 Å². The summed E-state index contributed by atoms with van der Waals surface area (Å²) >= 11 is 8.47. The van der Waals surface area contributed by atoms with Crippen molar-refractivity contribution in [2.24, 2.45) is 0 Å². The van der Waals surface area contributed by atoms with Gasteiger partial charge in [0.2, 0.25) is 5.91 Å². The molecule has 1 aliphatic rings. The zero-order valence-electron chi connectivity index (χ0n) is 12.1. The van der Waals surface area contributed by atoms with Crippen LogP contribution in [-0.2, 0) is 9.59 Å². The van der Waals surface area contributed by atoms with E-state index in [0.717, 1.165) is 3.57 Å². The number of hydrogen-bond acceptors (Lipinski definition) is 2. The van der Waals surface area contributed by atoms with E-state index in [1.807, 2.05) is 32.0 Å². The standard InChI is InChI=1S/C15H18ClIN2O2/c1-3-15(4-2)14(21)19(8-7-13(20)18-15)12-6-5-10(17)9-11(12)16/h5-6,9H,3-4,7-8H2,1-2H3,(H,18,20). The molecule has 0 radical (unpaired) electrons. The summed E-state index contributed by atoms with van der Waals surface area (Å²) in [5.74, 6) is -0.169. The minimum atomic E-state index is -0.833. The monoisotopic (exact) mass is 420 g/mol. The molecule has 2 rings (SSSR count). The van der Waals surface area contributed by atoms with E-state index < -0.39 is 5.54 Å². The highest BCUT2D eigenvalue weighted by Gasteiger charge is 2.42. The van der Waals surface area contributed by atoms with E-state index in [1.165, 1.54) is 0 Å². The van der Waals surface area contributed by atoms with Crippen LogP contribution in [0.2, 0.25) is 5.02 Å². The molecular weight excluding hydrogens is 403 g/mol. The molecule has 1 fully saturated rings. The van der Waals surface area contributed by atoms with Gasteiger partial charge in [0.05, 0.1) is 10.7 Å². The van der Waals surface area contributed by atoms with Crippen LogP contribution < -0.4 is 10.2 Å². The van der Waals surface area contributed by atoms with Gasteiger partial charge >= 0.3 is 0 Å². The lowest BCUT2D eigenvalue weighted by molar-refractivity contribution is -0.130. The molecule has 0 atom stereocenters. The first-order valence-electron chi connectivity index (χ1n) is 7.01. The molecule has 1 heterocycles. The van der Waals surface area contributed by atoms with Gasteiger partial charge < -0.3 is 10.2 Å². The van der Waals surface area contributed by atoms with Crippen molar-refractivity contribution in [2.45, 2.75) is 38.6 Å². The molecule has 2 amide bonds. The second-order valence-electron chi connectivity index (χ2n) is 5.14. The molecule has 21 heavy (non-hydrogen) atoms. The SMILES string of the molecule is CCC1(CC)NC(=O)CCN(c2ccc(I)cc2Cl)C1=O. The Balaban J connectivity index is 2.47. The Morgan fingerprint density at radius 2 is 2.00 bits per heavy atom. The van der Waals surface area contributed by atoms with Crippen LogP contribution in [0.3, 0.4) is 0 Å². The Hall–Kier alpha value is -0.820. The Bertz CT molecular complexity index is 573. The van der Waals surface area contributed by atoms with E-state index >= 15 is 0 Å². The molecule has 1 aromatic carbocycles. The highest BCUT2D eigenvalue weighted by Crippen LogP contribution is 2.32. The predicted octanol–water partition coefficient (Wildman–Crippen LogP) is 3.36. The van der Waals surface area contributed by atoms with Gasteiger partial charge in [-0.2, -0.15) is 0 Å². The third-order valence-electron chi connectivity index (χ3n) is 4.00. The number of rotatable bonds is 3. The van der Waals surface area contributed by atoms with E-state index in [0.29, 0.717) is 30.1 Å². The molecule has 4 nitrogen and oxygen atoms in total. The molecule has 0 unspecified atom stereocenters. The van der Waals surface area contributed by atoms with Gasteiger partial charge in [-0.05, 0) is 53.6 Å².